The summed E-state index contributed by atoms with van der Waals surface area (Å²) in [7, 11) is 0. The van der Waals surface area contributed by atoms with E-state index in [1.54, 1.807) is 24.3 Å². The van der Waals surface area contributed by atoms with E-state index >= 15 is 0 Å². The number of aliphatic carboxylic acids is 1. The molecule has 122 valence electrons. The summed E-state index contributed by atoms with van der Waals surface area (Å²) in [6, 6.07) is 14.0. The quantitative estimate of drug-likeness (QED) is 0.790. The number of carbonyl (C=O) groups is 1. The van der Waals surface area contributed by atoms with Crippen LogP contribution in [0.15, 0.2) is 58.1 Å². The fourth-order valence-electron chi connectivity index (χ4n) is 2.67. The van der Waals surface area contributed by atoms with E-state index < -0.39 is 23.8 Å². The summed E-state index contributed by atoms with van der Waals surface area (Å²) < 4.78 is 2.20. The van der Waals surface area contributed by atoms with Gasteiger partial charge in [0.15, 0.2) is 0 Å². The normalized spacial score (nSPS) is 10.9. The number of rotatable bonds is 4. The van der Waals surface area contributed by atoms with Crippen LogP contribution in [0.25, 0.3) is 10.9 Å². The minimum Gasteiger partial charge on any atom is -0.480 e. The summed E-state index contributed by atoms with van der Waals surface area (Å²) >= 11 is 0. The number of hydrogen-bond acceptors (Lipinski definition) is 3. The van der Waals surface area contributed by atoms with Gasteiger partial charge in [0.25, 0.3) is 5.56 Å². The van der Waals surface area contributed by atoms with Crippen LogP contribution in [0.5, 0.6) is 0 Å². The molecule has 0 spiro atoms. The van der Waals surface area contributed by atoms with E-state index in [2.05, 4.69) is 0 Å². The van der Waals surface area contributed by atoms with Gasteiger partial charge < -0.3 is 5.11 Å². The predicted octanol–water partition coefficient (Wildman–Crippen LogP) is 1.60. The highest BCUT2D eigenvalue weighted by molar-refractivity contribution is 5.79. The molecule has 0 atom stereocenters. The summed E-state index contributed by atoms with van der Waals surface area (Å²) in [6.45, 7) is 1.56. The molecule has 6 nitrogen and oxygen atoms in total. The van der Waals surface area contributed by atoms with Crippen molar-refractivity contribution in [2.45, 2.75) is 20.0 Å². The number of carboxylic acids is 1. The van der Waals surface area contributed by atoms with E-state index in [9.17, 15) is 14.4 Å². The van der Waals surface area contributed by atoms with Crippen molar-refractivity contribution < 1.29 is 9.90 Å². The van der Waals surface area contributed by atoms with E-state index in [-0.39, 0.29) is 6.54 Å². The van der Waals surface area contributed by atoms with Gasteiger partial charge in [-0.2, -0.15) is 0 Å². The summed E-state index contributed by atoms with van der Waals surface area (Å²) in [5.74, 6) is -1.14. The molecule has 0 radical (unpaired) electrons. The molecule has 0 saturated heterocycles. The fraction of sp³-hybridized carbons (Fsp3) is 0.167. The molecule has 0 aliphatic heterocycles. The van der Waals surface area contributed by atoms with Gasteiger partial charge in [-0.1, -0.05) is 42.0 Å². The van der Waals surface area contributed by atoms with Crippen LogP contribution in [0.3, 0.4) is 0 Å². The molecule has 6 heteroatoms. The number of aryl methyl sites for hydroxylation is 1. The van der Waals surface area contributed by atoms with Crippen molar-refractivity contribution in [3.8, 4) is 0 Å². The maximum atomic E-state index is 12.7. The van der Waals surface area contributed by atoms with Gasteiger partial charge in [0.1, 0.15) is 6.54 Å². The van der Waals surface area contributed by atoms with E-state index in [0.717, 1.165) is 20.3 Å². The van der Waals surface area contributed by atoms with Crippen molar-refractivity contribution in [2.24, 2.45) is 0 Å². The van der Waals surface area contributed by atoms with E-state index in [0.29, 0.717) is 10.9 Å². The summed E-state index contributed by atoms with van der Waals surface area (Å²) in [4.78, 5) is 36.4. The minimum atomic E-state index is -1.14. The molecule has 0 amide bonds. The first-order chi connectivity index (χ1) is 11.5. The van der Waals surface area contributed by atoms with E-state index in [1.807, 2.05) is 31.2 Å². The molecule has 0 saturated carbocycles. The zero-order valence-electron chi connectivity index (χ0n) is 13.1. The number of hydrogen-bond donors (Lipinski definition) is 1. The molecule has 2 aromatic carbocycles. The molecule has 1 N–H and O–H groups in total. The van der Waals surface area contributed by atoms with E-state index in [1.165, 1.54) is 0 Å². The van der Waals surface area contributed by atoms with Crippen molar-refractivity contribution in [3.63, 3.8) is 0 Å². The van der Waals surface area contributed by atoms with Crippen LogP contribution in [0.2, 0.25) is 0 Å². The lowest BCUT2D eigenvalue weighted by molar-refractivity contribution is -0.137. The number of benzene rings is 2. The highest BCUT2D eigenvalue weighted by Gasteiger charge is 2.14. The number of aromatic nitrogens is 2. The highest BCUT2D eigenvalue weighted by atomic mass is 16.4. The second-order valence-corrected chi connectivity index (χ2v) is 5.66. The molecule has 0 aliphatic carbocycles. The van der Waals surface area contributed by atoms with Crippen molar-refractivity contribution in [2.75, 3.05) is 0 Å². The Hall–Kier alpha value is -3.15. The third kappa shape index (κ3) is 2.86. The van der Waals surface area contributed by atoms with E-state index in [4.69, 9.17) is 5.11 Å². The summed E-state index contributed by atoms with van der Waals surface area (Å²) in [5.41, 5.74) is 1.17. The first kappa shape index (κ1) is 15.7. The second kappa shape index (κ2) is 6.16. The lowest BCUT2D eigenvalue weighted by Gasteiger charge is -2.12. The van der Waals surface area contributed by atoms with Crippen LogP contribution in [0, 0.1) is 6.92 Å². The van der Waals surface area contributed by atoms with Crippen molar-refractivity contribution in [1.29, 1.82) is 0 Å². The van der Waals surface area contributed by atoms with Crippen LogP contribution < -0.4 is 11.2 Å². The molecule has 0 bridgehead atoms. The fourth-order valence-corrected chi connectivity index (χ4v) is 2.67. The van der Waals surface area contributed by atoms with Gasteiger partial charge in [-0.15, -0.1) is 0 Å². The predicted molar refractivity (Wildman–Crippen MR) is 90.4 cm³/mol. The molecular weight excluding hydrogens is 308 g/mol. The Labute approximate surface area is 137 Å². The molecule has 0 unspecified atom stereocenters. The number of fused-ring (bicyclic) bond motifs is 1. The van der Waals surface area contributed by atoms with Gasteiger partial charge in [0.2, 0.25) is 0 Å². The maximum Gasteiger partial charge on any atom is 0.332 e. The Morgan fingerprint density at radius 1 is 1.00 bits per heavy atom. The van der Waals surface area contributed by atoms with Gasteiger partial charge in [-0.25, -0.2) is 4.79 Å². The monoisotopic (exact) mass is 324 g/mol. The third-order valence-corrected chi connectivity index (χ3v) is 3.89. The molecule has 3 aromatic rings. The zero-order valence-corrected chi connectivity index (χ0v) is 13.1. The van der Waals surface area contributed by atoms with Crippen molar-refractivity contribution in [3.05, 3.63) is 80.5 Å². The molecule has 3 rings (SSSR count). The van der Waals surface area contributed by atoms with Crippen LogP contribution in [-0.2, 0) is 17.9 Å². The Kier molecular flexibility index (Phi) is 4.04. The van der Waals surface area contributed by atoms with Crippen LogP contribution in [0.1, 0.15) is 11.1 Å². The zero-order chi connectivity index (χ0) is 17.3. The van der Waals surface area contributed by atoms with Crippen molar-refractivity contribution in [1.82, 2.24) is 9.13 Å². The molecule has 1 aromatic heterocycles. The van der Waals surface area contributed by atoms with Gasteiger partial charge in [0.05, 0.1) is 17.4 Å². The van der Waals surface area contributed by atoms with Gasteiger partial charge in [-0.05, 0) is 24.6 Å². The van der Waals surface area contributed by atoms with Crippen LogP contribution >= 0.6 is 0 Å². The summed E-state index contributed by atoms with van der Waals surface area (Å²) in [5, 5.41) is 9.41. The molecule has 0 aliphatic rings. The molecule has 1 heterocycles. The average Bonchev–Trinajstić information content (AvgIpc) is 2.57. The van der Waals surface area contributed by atoms with Crippen molar-refractivity contribution >= 4 is 16.9 Å². The third-order valence-electron chi connectivity index (χ3n) is 3.89. The molecule has 0 fully saturated rings. The van der Waals surface area contributed by atoms with Gasteiger partial charge in [-0.3, -0.25) is 18.7 Å². The Bertz CT molecular complexity index is 1030. The van der Waals surface area contributed by atoms with Crippen LogP contribution in [-0.4, -0.2) is 20.2 Å². The average molecular weight is 324 g/mol. The standard InChI is InChI=1S/C18H16N2O4/c1-12-6-8-13(9-7-12)10-20-17(23)14-4-2-3-5-15(14)19(18(20)24)11-16(21)22/h2-9H,10-11H2,1H3,(H,21,22). The Morgan fingerprint density at radius 3 is 2.33 bits per heavy atom. The number of para-hydroxylation sites is 1. The molecule has 24 heavy (non-hydrogen) atoms. The minimum absolute atomic E-state index is 0.0996. The number of nitrogens with zero attached hydrogens (tertiary/aromatic N) is 2. The molecular formula is C18H16N2O4. The summed E-state index contributed by atoms with van der Waals surface area (Å²) in [6.07, 6.45) is 0. The smallest absolute Gasteiger partial charge is 0.332 e. The topological polar surface area (TPSA) is 81.3 Å². The largest absolute Gasteiger partial charge is 0.480 e. The highest BCUT2D eigenvalue weighted by Crippen LogP contribution is 2.09. The van der Waals surface area contributed by atoms with Crippen LogP contribution in [0.4, 0.5) is 0 Å². The first-order valence-corrected chi connectivity index (χ1v) is 7.47. The second-order valence-electron chi connectivity index (χ2n) is 5.66. The maximum absolute atomic E-state index is 12.7. The Balaban J connectivity index is 2.23. The number of carboxylic acid groups (broad SMARTS) is 1. The SMILES string of the molecule is Cc1ccc(Cn2c(=O)c3ccccc3n(CC(=O)O)c2=O)cc1. The van der Waals surface area contributed by atoms with Gasteiger partial charge >= 0.3 is 11.7 Å². The van der Waals surface area contributed by atoms with Gasteiger partial charge in [0, 0.05) is 0 Å². The lowest BCUT2D eigenvalue weighted by atomic mass is 10.1. The Morgan fingerprint density at radius 2 is 1.67 bits per heavy atom. The first-order valence-electron chi connectivity index (χ1n) is 7.47. The lowest BCUT2D eigenvalue weighted by Crippen LogP contribution is -2.41.